The van der Waals surface area contributed by atoms with Crippen molar-refractivity contribution in [2.75, 3.05) is 19.6 Å². The van der Waals surface area contributed by atoms with Gasteiger partial charge < -0.3 is 15.7 Å². The highest BCUT2D eigenvalue weighted by atomic mass is 16.3. The molecule has 1 rings (SSSR count). The molecule has 88 valence electrons. The van der Waals surface area contributed by atoms with Crippen LogP contribution in [0.25, 0.3) is 0 Å². The maximum absolute atomic E-state index is 11.7. The van der Waals surface area contributed by atoms with Crippen molar-refractivity contribution in [3.05, 3.63) is 0 Å². The van der Waals surface area contributed by atoms with E-state index in [2.05, 4.69) is 0 Å². The largest absolute Gasteiger partial charge is 0.390 e. The number of carbonyl (C=O) groups excluding carboxylic acids is 1. The molecule has 0 aromatic rings. The number of likely N-dealkylation sites (tertiary alicyclic amines) is 1. The van der Waals surface area contributed by atoms with Crippen LogP contribution in [-0.4, -0.2) is 41.1 Å². The summed E-state index contributed by atoms with van der Waals surface area (Å²) >= 11 is 0. The lowest BCUT2D eigenvalue weighted by Crippen LogP contribution is -2.45. The molecular weight excluding hydrogens is 192 g/mol. The molecule has 0 unspecified atom stereocenters. The molecule has 0 atom stereocenters. The Balaban J connectivity index is 2.24. The average Bonchev–Trinajstić information content (AvgIpc) is 2.18. The molecule has 0 saturated carbocycles. The Kier molecular flexibility index (Phi) is 4.54. The number of nitrogens with zero attached hydrogens (tertiary/aromatic N) is 1. The summed E-state index contributed by atoms with van der Waals surface area (Å²) in [6.07, 6.45) is 3.77. The summed E-state index contributed by atoms with van der Waals surface area (Å²) in [6.45, 7) is 3.87. The van der Waals surface area contributed by atoms with Crippen LogP contribution in [0.4, 0.5) is 0 Å². The van der Waals surface area contributed by atoms with Gasteiger partial charge in [0.2, 0.25) is 5.91 Å². The Morgan fingerprint density at radius 2 is 2.00 bits per heavy atom. The van der Waals surface area contributed by atoms with E-state index in [9.17, 15) is 9.90 Å². The predicted molar refractivity (Wildman–Crippen MR) is 59.3 cm³/mol. The monoisotopic (exact) mass is 214 g/mol. The Morgan fingerprint density at radius 3 is 2.53 bits per heavy atom. The minimum absolute atomic E-state index is 0.207. The summed E-state index contributed by atoms with van der Waals surface area (Å²) in [4.78, 5) is 13.5. The van der Waals surface area contributed by atoms with Gasteiger partial charge in [0, 0.05) is 19.5 Å². The van der Waals surface area contributed by atoms with E-state index in [4.69, 9.17) is 5.73 Å². The molecule has 0 spiro atoms. The van der Waals surface area contributed by atoms with Gasteiger partial charge >= 0.3 is 0 Å². The second kappa shape index (κ2) is 5.47. The highest BCUT2D eigenvalue weighted by Gasteiger charge is 2.28. The van der Waals surface area contributed by atoms with Crippen molar-refractivity contribution in [1.82, 2.24) is 4.90 Å². The summed E-state index contributed by atoms with van der Waals surface area (Å²) in [5.41, 5.74) is 4.80. The van der Waals surface area contributed by atoms with Gasteiger partial charge in [-0.05, 0) is 39.2 Å². The van der Waals surface area contributed by atoms with E-state index in [1.165, 1.54) is 0 Å². The Hall–Kier alpha value is -0.610. The lowest BCUT2D eigenvalue weighted by Gasteiger charge is -2.35. The molecule has 1 aliphatic rings. The zero-order valence-electron chi connectivity index (χ0n) is 9.54. The van der Waals surface area contributed by atoms with Gasteiger partial charge in [0.05, 0.1) is 5.60 Å². The van der Waals surface area contributed by atoms with Crippen molar-refractivity contribution in [3.63, 3.8) is 0 Å². The first-order valence-corrected chi connectivity index (χ1v) is 5.75. The maximum Gasteiger partial charge on any atom is 0.222 e. The normalized spacial score (nSPS) is 20.3. The van der Waals surface area contributed by atoms with Gasteiger partial charge in [-0.2, -0.15) is 0 Å². The van der Waals surface area contributed by atoms with Crippen molar-refractivity contribution < 1.29 is 9.90 Å². The molecule has 15 heavy (non-hydrogen) atoms. The lowest BCUT2D eigenvalue weighted by molar-refractivity contribution is -0.135. The van der Waals surface area contributed by atoms with Crippen LogP contribution in [-0.2, 0) is 4.79 Å². The molecule has 0 radical (unpaired) electrons. The SMILES string of the molecule is CC1(O)CCN(C(=O)CCCCN)CC1. The quantitative estimate of drug-likeness (QED) is 0.669. The van der Waals surface area contributed by atoms with Gasteiger partial charge in [0.15, 0.2) is 0 Å². The van der Waals surface area contributed by atoms with E-state index in [-0.39, 0.29) is 5.91 Å². The molecule has 0 aliphatic carbocycles. The standard InChI is InChI=1S/C11H22N2O2/c1-11(15)5-8-13(9-6-11)10(14)4-2-3-7-12/h15H,2-9,12H2,1H3. The van der Waals surface area contributed by atoms with Crippen LogP contribution >= 0.6 is 0 Å². The third-order valence-corrected chi connectivity index (χ3v) is 3.04. The number of amides is 1. The highest BCUT2D eigenvalue weighted by molar-refractivity contribution is 5.76. The molecule has 4 heteroatoms. The number of nitrogens with two attached hydrogens (primary N) is 1. The van der Waals surface area contributed by atoms with E-state index in [0.29, 0.717) is 38.9 Å². The van der Waals surface area contributed by atoms with Crippen molar-refractivity contribution in [2.45, 2.75) is 44.6 Å². The first kappa shape index (κ1) is 12.5. The van der Waals surface area contributed by atoms with Crippen LogP contribution in [0.15, 0.2) is 0 Å². The summed E-state index contributed by atoms with van der Waals surface area (Å²) in [5, 5.41) is 9.73. The van der Waals surface area contributed by atoms with Gasteiger partial charge in [-0.3, -0.25) is 4.79 Å². The number of piperidine rings is 1. The Morgan fingerprint density at radius 1 is 1.40 bits per heavy atom. The smallest absolute Gasteiger partial charge is 0.222 e. The van der Waals surface area contributed by atoms with Gasteiger partial charge in [0.1, 0.15) is 0 Å². The van der Waals surface area contributed by atoms with Crippen LogP contribution in [0.3, 0.4) is 0 Å². The summed E-state index contributed by atoms with van der Waals surface area (Å²) in [5.74, 6) is 0.207. The van der Waals surface area contributed by atoms with E-state index in [1.807, 2.05) is 11.8 Å². The molecule has 1 fully saturated rings. The second-order valence-corrected chi connectivity index (χ2v) is 4.62. The maximum atomic E-state index is 11.7. The number of rotatable bonds is 4. The first-order chi connectivity index (χ1) is 7.05. The number of aliphatic hydroxyl groups is 1. The Bertz CT molecular complexity index is 207. The molecule has 1 amide bonds. The van der Waals surface area contributed by atoms with Crippen molar-refractivity contribution in [2.24, 2.45) is 5.73 Å². The average molecular weight is 214 g/mol. The van der Waals surface area contributed by atoms with Crippen LogP contribution in [0.5, 0.6) is 0 Å². The first-order valence-electron chi connectivity index (χ1n) is 5.75. The zero-order chi connectivity index (χ0) is 11.3. The molecular formula is C11H22N2O2. The molecule has 0 aromatic heterocycles. The van der Waals surface area contributed by atoms with E-state index in [0.717, 1.165) is 12.8 Å². The van der Waals surface area contributed by atoms with Gasteiger partial charge in [0.25, 0.3) is 0 Å². The number of hydrogen-bond donors (Lipinski definition) is 2. The van der Waals surface area contributed by atoms with Crippen molar-refractivity contribution in [1.29, 1.82) is 0 Å². The van der Waals surface area contributed by atoms with Gasteiger partial charge in [-0.1, -0.05) is 0 Å². The summed E-state index contributed by atoms with van der Waals surface area (Å²) < 4.78 is 0. The highest BCUT2D eigenvalue weighted by Crippen LogP contribution is 2.21. The number of hydrogen-bond acceptors (Lipinski definition) is 3. The fourth-order valence-electron chi connectivity index (χ4n) is 1.82. The van der Waals surface area contributed by atoms with Crippen LogP contribution in [0, 0.1) is 0 Å². The summed E-state index contributed by atoms with van der Waals surface area (Å²) in [7, 11) is 0. The minimum Gasteiger partial charge on any atom is -0.390 e. The van der Waals surface area contributed by atoms with E-state index in [1.54, 1.807) is 0 Å². The fourth-order valence-corrected chi connectivity index (χ4v) is 1.82. The van der Waals surface area contributed by atoms with Gasteiger partial charge in [-0.15, -0.1) is 0 Å². The Labute approximate surface area is 91.4 Å². The lowest BCUT2D eigenvalue weighted by atomic mass is 9.93. The molecule has 1 aliphatic heterocycles. The third-order valence-electron chi connectivity index (χ3n) is 3.04. The van der Waals surface area contributed by atoms with E-state index < -0.39 is 5.60 Å². The molecule has 3 N–H and O–H groups in total. The van der Waals surface area contributed by atoms with E-state index >= 15 is 0 Å². The fraction of sp³-hybridized carbons (Fsp3) is 0.909. The topological polar surface area (TPSA) is 66.6 Å². The zero-order valence-corrected chi connectivity index (χ0v) is 9.54. The third kappa shape index (κ3) is 4.18. The molecule has 1 saturated heterocycles. The van der Waals surface area contributed by atoms with Gasteiger partial charge in [-0.25, -0.2) is 0 Å². The number of unbranched alkanes of at least 4 members (excludes halogenated alkanes) is 1. The molecule has 0 bridgehead atoms. The van der Waals surface area contributed by atoms with Crippen LogP contribution in [0.2, 0.25) is 0 Å². The van der Waals surface area contributed by atoms with Crippen molar-refractivity contribution >= 4 is 5.91 Å². The molecule has 0 aromatic carbocycles. The second-order valence-electron chi connectivity index (χ2n) is 4.62. The van der Waals surface area contributed by atoms with Crippen molar-refractivity contribution in [3.8, 4) is 0 Å². The van der Waals surface area contributed by atoms with Crippen LogP contribution in [0.1, 0.15) is 39.0 Å². The molecule has 4 nitrogen and oxygen atoms in total. The summed E-state index contributed by atoms with van der Waals surface area (Å²) in [6, 6.07) is 0. The predicted octanol–water partition coefficient (Wildman–Crippen LogP) is 0.489. The van der Waals surface area contributed by atoms with Crippen LogP contribution < -0.4 is 5.73 Å². The minimum atomic E-state index is -0.575. The number of carbonyl (C=O) groups is 1. The molecule has 1 heterocycles.